The number of Topliss-reactive ketones (excluding diaryl/α,β-unsaturated/α-hetero) is 1. The van der Waals surface area contributed by atoms with Crippen molar-refractivity contribution in [1.82, 2.24) is 9.88 Å². The van der Waals surface area contributed by atoms with Crippen molar-refractivity contribution < 1.29 is 14.1 Å². The molecular formula is C19H21Cl2FN4O4. The van der Waals surface area contributed by atoms with Crippen molar-refractivity contribution in [3.8, 4) is 0 Å². The monoisotopic (exact) mass is 458 g/mol. The highest BCUT2D eigenvalue weighted by molar-refractivity contribution is 6.38. The van der Waals surface area contributed by atoms with E-state index in [4.69, 9.17) is 11.6 Å². The molecule has 8 nitrogen and oxygen atoms in total. The van der Waals surface area contributed by atoms with Gasteiger partial charge in [-0.2, -0.15) is 0 Å². The average Bonchev–Trinajstić information content (AvgIpc) is 3.40. The smallest absolute Gasteiger partial charge is 0.266 e. The summed E-state index contributed by atoms with van der Waals surface area (Å²) in [4.78, 5) is 36.9. The third-order valence-corrected chi connectivity index (χ3v) is 5.97. The largest absolute Gasteiger partial charge is 0.366 e. The molecule has 1 atom stereocenters. The lowest BCUT2D eigenvalue weighted by Gasteiger charge is -2.23. The second-order valence-electron chi connectivity index (χ2n) is 7.56. The minimum absolute atomic E-state index is 0. The number of anilines is 1. The number of hydrogen-bond donors (Lipinski definition) is 1. The molecule has 1 N–H and O–H groups in total. The second-order valence-corrected chi connectivity index (χ2v) is 7.94. The van der Waals surface area contributed by atoms with Gasteiger partial charge < -0.3 is 14.8 Å². The van der Waals surface area contributed by atoms with Crippen LogP contribution in [0.25, 0.3) is 10.9 Å². The molecule has 0 unspecified atom stereocenters. The van der Waals surface area contributed by atoms with Gasteiger partial charge in [-0.05, 0) is 32.4 Å². The highest BCUT2D eigenvalue weighted by atomic mass is 35.5. The number of aromatic nitrogens is 1. The lowest BCUT2D eigenvalue weighted by molar-refractivity contribution is -0.465. The molecular weight excluding hydrogens is 438 g/mol. The number of likely N-dealkylation sites (N-methyl/N-ethyl adjacent to an activating group) is 1. The highest BCUT2D eigenvalue weighted by Crippen LogP contribution is 2.42. The van der Waals surface area contributed by atoms with Crippen molar-refractivity contribution in [2.75, 3.05) is 31.6 Å². The Morgan fingerprint density at radius 2 is 2.10 bits per heavy atom. The minimum atomic E-state index is -0.987. The Morgan fingerprint density at radius 3 is 2.67 bits per heavy atom. The van der Waals surface area contributed by atoms with E-state index in [9.17, 15) is 19.7 Å². The van der Waals surface area contributed by atoms with Crippen molar-refractivity contribution in [2.24, 2.45) is 0 Å². The zero-order chi connectivity index (χ0) is 20.9. The van der Waals surface area contributed by atoms with Crippen LogP contribution in [0.5, 0.6) is 0 Å². The number of benzene rings is 1. The number of nitrogens with zero attached hydrogens (tertiary/aromatic N) is 3. The van der Waals surface area contributed by atoms with Crippen molar-refractivity contribution in [3.63, 3.8) is 0 Å². The van der Waals surface area contributed by atoms with Crippen LogP contribution in [0.15, 0.2) is 17.1 Å². The van der Waals surface area contributed by atoms with E-state index in [0.29, 0.717) is 18.6 Å². The Kier molecular flexibility index (Phi) is 6.35. The van der Waals surface area contributed by atoms with Crippen LogP contribution < -0.4 is 15.6 Å². The Bertz CT molecular complexity index is 1090. The van der Waals surface area contributed by atoms with Gasteiger partial charge in [0.05, 0.1) is 27.2 Å². The van der Waals surface area contributed by atoms with Crippen molar-refractivity contribution in [2.45, 2.75) is 31.3 Å². The number of carbonyl (C=O) groups excluding carboxylic acids is 1. The van der Waals surface area contributed by atoms with E-state index in [2.05, 4.69) is 5.32 Å². The molecule has 1 aliphatic carbocycles. The molecule has 0 radical (unpaired) electrons. The Hall–Kier alpha value is -2.23. The topological polar surface area (TPSA) is 97.5 Å². The normalized spacial score (nSPS) is 18.5. The van der Waals surface area contributed by atoms with Gasteiger partial charge in [0.25, 0.3) is 6.54 Å². The lowest BCUT2D eigenvalue weighted by atomic mass is 10.1. The van der Waals surface area contributed by atoms with E-state index >= 15 is 4.39 Å². The highest BCUT2D eigenvalue weighted by Gasteiger charge is 2.32. The van der Waals surface area contributed by atoms with Crippen LogP contribution in [0.4, 0.5) is 10.1 Å². The summed E-state index contributed by atoms with van der Waals surface area (Å²) in [5.74, 6) is -1.54. The summed E-state index contributed by atoms with van der Waals surface area (Å²) in [6.45, 7) is 0.228. The summed E-state index contributed by atoms with van der Waals surface area (Å²) in [5.41, 5.74) is -0.414. The number of rotatable bonds is 6. The first-order valence-corrected chi connectivity index (χ1v) is 9.83. The number of halogens is 3. The molecule has 1 saturated heterocycles. The first kappa shape index (κ1) is 22.5. The average molecular weight is 459 g/mol. The maximum Gasteiger partial charge on any atom is 0.266 e. The van der Waals surface area contributed by atoms with Gasteiger partial charge >= 0.3 is 0 Å². The summed E-state index contributed by atoms with van der Waals surface area (Å²) in [7, 11) is 1.85. The van der Waals surface area contributed by atoms with Gasteiger partial charge in [-0.25, -0.2) is 4.39 Å². The summed E-state index contributed by atoms with van der Waals surface area (Å²) >= 11 is 6.63. The van der Waals surface area contributed by atoms with Crippen LogP contribution >= 0.6 is 24.0 Å². The van der Waals surface area contributed by atoms with Crippen molar-refractivity contribution in [1.29, 1.82) is 0 Å². The molecule has 11 heteroatoms. The van der Waals surface area contributed by atoms with E-state index in [-0.39, 0.29) is 46.2 Å². The molecule has 0 amide bonds. The third kappa shape index (κ3) is 3.89. The van der Waals surface area contributed by atoms with E-state index in [0.717, 1.165) is 25.3 Å². The number of nitrogens with one attached hydrogen (secondary N) is 1. The van der Waals surface area contributed by atoms with E-state index < -0.39 is 28.5 Å². The van der Waals surface area contributed by atoms with Crippen LogP contribution in [-0.4, -0.2) is 48.0 Å². The predicted molar refractivity (Wildman–Crippen MR) is 115 cm³/mol. The second kappa shape index (κ2) is 8.49. The van der Waals surface area contributed by atoms with Gasteiger partial charge in [-0.15, -0.1) is 12.4 Å². The van der Waals surface area contributed by atoms with Crippen LogP contribution in [-0.2, 0) is 0 Å². The summed E-state index contributed by atoms with van der Waals surface area (Å²) in [6.07, 6.45) is 3.85. The van der Waals surface area contributed by atoms with Crippen LogP contribution in [0, 0.1) is 15.9 Å². The van der Waals surface area contributed by atoms with E-state index in [1.165, 1.54) is 6.20 Å². The fourth-order valence-corrected chi connectivity index (χ4v) is 4.37. The van der Waals surface area contributed by atoms with Crippen LogP contribution in [0.2, 0.25) is 5.02 Å². The number of hydrogen-bond acceptors (Lipinski definition) is 6. The SMILES string of the molecule is CN[C@@H]1CCN(c2c(F)cc3c(=O)c(C(=O)C[N+](=O)[O-])cn(C4CC4)c3c2Cl)C1.Cl. The third-order valence-electron chi connectivity index (χ3n) is 5.61. The zero-order valence-corrected chi connectivity index (χ0v) is 17.8. The fourth-order valence-electron chi connectivity index (χ4n) is 3.96. The van der Waals surface area contributed by atoms with Crippen LogP contribution in [0.1, 0.15) is 35.7 Å². The van der Waals surface area contributed by atoms with Gasteiger partial charge in [0, 0.05) is 36.3 Å². The Morgan fingerprint density at radius 1 is 1.40 bits per heavy atom. The molecule has 2 fully saturated rings. The van der Waals surface area contributed by atoms with E-state index in [1.54, 1.807) is 4.57 Å². The molecule has 30 heavy (non-hydrogen) atoms. The van der Waals surface area contributed by atoms with Gasteiger partial charge in [-0.1, -0.05) is 11.6 Å². The standard InChI is InChI=1S/C19H20ClFN4O4.ClH/c1-22-10-4-5-23(7-10)18-14(21)6-12-17(16(18)20)24(11-2-3-11)8-13(19(12)27)15(26)9-25(28)29;/h6,8,10-11,22H,2-5,7,9H2,1H3;1H/t10-;/m1./s1. The lowest BCUT2D eigenvalue weighted by Crippen LogP contribution is -2.30. The molecule has 2 heterocycles. The van der Waals surface area contributed by atoms with Gasteiger partial charge in [0.15, 0.2) is 0 Å². The number of pyridine rings is 1. The number of ketones is 1. The molecule has 0 bridgehead atoms. The van der Waals surface area contributed by atoms with Crippen molar-refractivity contribution >= 4 is 46.4 Å². The van der Waals surface area contributed by atoms with Gasteiger partial charge in [0.2, 0.25) is 11.2 Å². The molecule has 1 aliphatic heterocycles. The minimum Gasteiger partial charge on any atom is -0.366 e. The maximum atomic E-state index is 15.0. The zero-order valence-electron chi connectivity index (χ0n) is 16.2. The molecule has 4 rings (SSSR count). The van der Waals surface area contributed by atoms with Gasteiger partial charge in [0.1, 0.15) is 5.82 Å². The maximum absolute atomic E-state index is 15.0. The van der Waals surface area contributed by atoms with Gasteiger partial charge in [-0.3, -0.25) is 19.7 Å². The quantitative estimate of drug-likeness (QED) is 0.406. The number of nitro groups is 1. The van der Waals surface area contributed by atoms with Crippen LogP contribution in [0.3, 0.4) is 0 Å². The summed E-state index contributed by atoms with van der Waals surface area (Å²) in [6, 6.07) is 1.35. The predicted octanol–water partition coefficient (Wildman–Crippen LogP) is 2.81. The summed E-state index contributed by atoms with van der Waals surface area (Å²) in [5, 5.41) is 14.0. The van der Waals surface area contributed by atoms with Crippen molar-refractivity contribution in [3.05, 3.63) is 49.0 Å². The number of carbonyl (C=O) groups is 1. The first-order valence-electron chi connectivity index (χ1n) is 9.45. The molecule has 162 valence electrons. The Balaban J connectivity index is 0.00000256. The Labute approximate surface area is 182 Å². The number of fused-ring (bicyclic) bond motifs is 1. The fraction of sp³-hybridized carbons (Fsp3) is 0.474. The van der Waals surface area contributed by atoms with E-state index in [1.807, 2.05) is 11.9 Å². The molecule has 2 aliphatic rings. The molecule has 2 aromatic rings. The molecule has 1 saturated carbocycles. The molecule has 1 aromatic carbocycles. The molecule has 1 aromatic heterocycles. The summed E-state index contributed by atoms with van der Waals surface area (Å²) < 4.78 is 16.8. The first-order chi connectivity index (χ1) is 13.8. The molecule has 0 spiro atoms.